The molecule has 1 aliphatic heterocycles. The molecule has 0 saturated carbocycles. The lowest BCUT2D eigenvalue weighted by Crippen LogP contribution is -2.41. The van der Waals surface area contributed by atoms with Gasteiger partial charge in [-0.3, -0.25) is 9.59 Å². The van der Waals surface area contributed by atoms with Gasteiger partial charge in [-0.1, -0.05) is 17.4 Å². The molecule has 0 unspecified atom stereocenters. The molecule has 0 bridgehead atoms. The van der Waals surface area contributed by atoms with Gasteiger partial charge in [-0.2, -0.15) is 4.31 Å². The molecule has 2 N–H and O–H groups in total. The summed E-state index contributed by atoms with van der Waals surface area (Å²) >= 11 is 0.989. The number of hydrogen-bond donors (Lipinski definition) is 2. The maximum atomic E-state index is 13.0. The fourth-order valence-corrected chi connectivity index (χ4v) is 6.23. The van der Waals surface area contributed by atoms with E-state index in [1.165, 1.54) is 16.4 Å². The highest BCUT2D eigenvalue weighted by Gasteiger charge is 2.32. The number of sulfonamides is 1. The van der Waals surface area contributed by atoms with Crippen LogP contribution in [0.15, 0.2) is 46.1 Å². The molecule has 1 amide bonds. The fraction of sp³-hybridized carbons (Fsp3) is 0.333. The molecule has 158 valence electrons. The second-order valence-corrected chi connectivity index (χ2v) is 10.7. The van der Waals surface area contributed by atoms with E-state index in [4.69, 9.17) is 0 Å². The molecular formula is C21H23N3O4S2. The van der Waals surface area contributed by atoms with Gasteiger partial charge >= 0.3 is 4.87 Å². The van der Waals surface area contributed by atoms with Crippen molar-refractivity contribution in [3.63, 3.8) is 0 Å². The number of carbonyl (C=O) groups excluding carboxylic acids is 1. The molecule has 9 heteroatoms. The van der Waals surface area contributed by atoms with E-state index in [1.54, 1.807) is 6.07 Å². The highest BCUT2D eigenvalue weighted by Crippen LogP contribution is 2.27. The minimum Gasteiger partial charge on any atom is -0.326 e. The number of aryl methyl sites for hydroxylation is 2. The van der Waals surface area contributed by atoms with Crippen LogP contribution in [0.5, 0.6) is 0 Å². The quantitative estimate of drug-likeness (QED) is 0.644. The van der Waals surface area contributed by atoms with Gasteiger partial charge in [0.2, 0.25) is 15.9 Å². The lowest BCUT2D eigenvalue weighted by molar-refractivity contribution is -0.120. The second-order valence-electron chi connectivity index (χ2n) is 7.72. The Morgan fingerprint density at radius 1 is 1.10 bits per heavy atom. The van der Waals surface area contributed by atoms with Gasteiger partial charge < -0.3 is 10.3 Å². The van der Waals surface area contributed by atoms with Crippen LogP contribution < -0.4 is 10.2 Å². The first kappa shape index (κ1) is 20.8. The highest BCUT2D eigenvalue weighted by molar-refractivity contribution is 7.89. The minimum atomic E-state index is -3.67. The molecule has 1 aromatic heterocycles. The number of carbonyl (C=O) groups is 1. The molecule has 3 aromatic rings. The molecule has 2 aromatic carbocycles. The number of nitrogens with zero attached hydrogens (tertiary/aromatic N) is 1. The monoisotopic (exact) mass is 445 g/mol. The van der Waals surface area contributed by atoms with Gasteiger partial charge in [0.15, 0.2) is 0 Å². The Balaban J connectivity index is 1.43. The second kappa shape index (κ2) is 7.98. The van der Waals surface area contributed by atoms with Gasteiger partial charge in [-0.15, -0.1) is 0 Å². The van der Waals surface area contributed by atoms with Crippen molar-refractivity contribution >= 4 is 43.2 Å². The zero-order valence-corrected chi connectivity index (χ0v) is 18.4. The Bertz CT molecular complexity index is 1250. The van der Waals surface area contributed by atoms with Crippen LogP contribution in [0.25, 0.3) is 10.2 Å². The summed E-state index contributed by atoms with van der Waals surface area (Å²) in [4.78, 5) is 26.8. The average Bonchev–Trinajstić information content (AvgIpc) is 3.06. The fourth-order valence-electron chi connectivity index (χ4n) is 3.88. The Hall–Kier alpha value is -2.49. The van der Waals surface area contributed by atoms with Crippen molar-refractivity contribution in [3.05, 3.63) is 57.2 Å². The van der Waals surface area contributed by atoms with E-state index in [0.29, 0.717) is 23.1 Å². The summed E-state index contributed by atoms with van der Waals surface area (Å²) in [7, 11) is -3.67. The van der Waals surface area contributed by atoms with Crippen LogP contribution in [0.3, 0.4) is 0 Å². The molecule has 0 aliphatic carbocycles. The zero-order chi connectivity index (χ0) is 21.5. The number of aromatic nitrogens is 1. The van der Waals surface area contributed by atoms with Crippen molar-refractivity contribution in [3.8, 4) is 0 Å². The Morgan fingerprint density at radius 2 is 1.77 bits per heavy atom. The van der Waals surface area contributed by atoms with E-state index in [0.717, 1.165) is 28.2 Å². The zero-order valence-electron chi connectivity index (χ0n) is 16.8. The molecule has 1 aliphatic rings. The summed E-state index contributed by atoms with van der Waals surface area (Å²) in [5, 5.41) is 2.96. The molecule has 2 heterocycles. The van der Waals surface area contributed by atoms with Crippen LogP contribution in [-0.4, -0.2) is 36.7 Å². The van der Waals surface area contributed by atoms with Crippen molar-refractivity contribution in [1.29, 1.82) is 0 Å². The van der Waals surface area contributed by atoms with Crippen LogP contribution in [-0.2, 0) is 14.8 Å². The Morgan fingerprint density at radius 3 is 2.43 bits per heavy atom. The van der Waals surface area contributed by atoms with E-state index in [-0.39, 0.29) is 34.7 Å². The van der Waals surface area contributed by atoms with Crippen LogP contribution in [0.1, 0.15) is 24.0 Å². The molecule has 0 spiro atoms. The molecule has 4 rings (SSSR count). The van der Waals surface area contributed by atoms with Crippen LogP contribution in [0.2, 0.25) is 0 Å². The van der Waals surface area contributed by atoms with Gasteiger partial charge in [0, 0.05) is 24.7 Å². The summed E-state index contributed by atoms with van der Waals surface area (Å²) in [6.45, 7) is 4.54. The van der Waals surface area contributed by atoms with Crippen molar-refractivity contribution in [1.82, 2.24) is 9.29 Å². The normalized spacial score (nSPS) is 16.1. The number of benzene rings is 2. The summed E-state index contributed by atoms with van der Waals surface area (Å²) in [6, 6.07) is 10.6. The van der Waals surface area contributed by atoms with Crippen LogP contribution >= 0.6 is 11.3 Å². The first-order valence-corrected chi connectivity index (χ1v) is 12.0. The Labute approximate surface area is 178 Å². The topological polar surface area (TPSA) is 99.3 Å². The predicted molar refractivity (Wildman–Crippen MR) is 118 cm³/mol. The number of amides is 1. The number of nitrogens with one attached hydrogen (secondary N) is 2. The van der Waals surface area contributed by atoms with E-state index < -0.39 is 10.0 Å². The van der Waals surface area contributed by atoms with E-state index in [9.17, 15) is 18.0 Å². The molecule has 1 saturated heterocycles. The minimum absolute atomic E-state index is 0.0736. The van der Waals surface area contributed by atoms with Crippen molar-refractivity contribution in [2.24, 2.45) is 5.92 Å². The Kier molecular flexibility index (Phi) is 5.52. The molecule has 1 fully saturated rings. The molecule has 0 radical (unpaired) electrons. The summed E-state index contributed by atoms with van der Waals surface area (Å²) in [6.07, 6.45) is 0.936. The number of piperidine rings is 1. The maximum Gasteiger partial charge on any atom is 0.305 e. The standard InChI is InChI=1S/C21H23N3O4S2/c1-13-9-14(2)11-16(10-13)22-20(25)15-5-7-24(8-6-15)30(27,28)17-3-4-18-19(12-17)29-21(26)23-18/h3-4,9-12,15H,5-8H2,1-2H3,(H,22,25)(H,23,26). The largest absolute Gasteiger partial charge is 0.326 e. The van der Waals surface area contributed by atoms with Gasteiger partial charge in [0.1, 0.15) is 0 Å². The third-order valence-corrected chi connectivity index (χ3v) is 8.08. The average molecular weight is 446 g/mol. The number of thiazole rings is 1. The van der Waals surface area contributed by atoms with E-state index in [1.807, 2.05) is 32.0 Å². The summed E-state index contributed by atoms with van der Waals surface area (Å²) < 4.78 is 28.1. The smallest absolute Gasteiger partial charge is 0.305 e. The molecule has 30 heavy (non-hydrogen) atoms. The third kappa shape index (κ3) is 4.19. The van der Waals surface area contributed by atoms with Crippen LogP contribution in [0.4, 0.5) is 5.69 Å². The number of aromatic amines is 1. The predicted octanol–water partition coefficient (Wildman–Crippen LogP) is 3.25. The molecular weight excluding hydrogens is 422 g/mol. The summed E-state index contributed by atoms with van der Waals surface area (Å²) in [5.41, 5.74) is 3.56. The first-order valence-electron chi connectivity index (χ1n) is 9.74. The lowest BCUT2D eigenvalue weighted by Gasteiger charge is -2.30. The molecule has 0 atom stereocenters. The van der Waals surface area contributed by atoms with E-state index >= 15 is 0 Å². The van der Waals surface area contributed by atoms with Crippen molar-refractivity contribution in [2.75, 3.05) is 18.4 Å². The molecule has 7 nitrogen and oxygen atoms in total. The van der Waals surface area contributed by atoms with Crippen molar-refractivity contribution in [2.45, 2.75) is 31.6 Å². The maximum absolute atomic E-state index is 13.0. The number of anilines is 1. The van der Waals surface area contributed by atoms with Gasteiger partial charge in [-0.05, 0) is 68.1 Å². The van der Waals surface area contributed by atoms with E-state index in [2.05, 4.69) is 10.3 Å². The number of hydrogen-bond acceptors (Lipinski definition) is 5. The van der Waals surface area contributed by atoms with Gasteiger partial charge in [-0.25, -0.2) is 8.42 Å². The number of fused-ring (bicyclic) bond motifs is 1. The van der Waals surface area contributed by atoms with Crippen LogP contribution in [0, 0.1) is 19.8 Å². The summed E-state index contributed by atoms with van der Waals surface area (Å²) in [5.74, 6) is -0.301. The first-order chi connectivity index (χ1) is 14.2. The van der Waals surface area contributed by atoms with Gasteiger partial charge in [0.05, 0.1) is 15.1 Å². The van der Waals surface area contributed by atoms with Crippen molar-refractivity contribution < 1.29 is 13.2 Å². The SMILES string of the molecule is Cc1cc(C)cc(NC(=O)C2CCN(S(=O)(=O)c3ccc4[nH]c(=O)sc4c3)CC2)c1. The lowest BCUT2D eigenvalue weighted by atomic mass is 9.97. The van der Waals surface area contributed by atoms with Gasteiger partial charge in [0.25, 0.3) is 0 Å². The number of H-pyrrole nitrogens is 1. The third-order valence-electron chi connectivity index (χ3n) is 5.34. The number of rotatable bonds is 4. The highest BCUT2D eigenvalue weighted by atomic mass is 32.2.